The van der Waals surface area contributed by atoms with E-state index in [0.29, 0.717) is 6.04 Å². The van der Waals surface area contributed by atoms with Gasteiger partial charge in [0.25, 0.3) is 0 Å². The van der Waals surface area contributed by atoms with Crippen molar-refractivity contribution in [2.24, 2.45) is 0 Å². The molecule has 0 bridgehead atoms. The molecule has 3 rings (SSSR count). The predicted octanol–water partition coefficient (Wildman–Crippen LogP) is 3.79. The van der Waals surface area contributed by atoms with Crippen molar-refractivity contribution in [3.8, 4) is 0 Å². The van der Waals surface area contributed by atoms with Gasteiger partial charge in [0.1, 0.15) is 0 Å². The monoisotopic (exact) mass is 280 g/mol. The van der Waals surface area contributed by atoms with Gasteiger partial charge in [-0.2, -0.15) is 0 Å². The Morgan fingerprint density at radius 1 is 1.00 bits per heavy atom. The molecule has 1 fully saturated rings. The van der Waals surface area contributed by atoms with E-state index in [0.717, 1.165) is 13.1 Å². The third kappa shape index (κ3) is 3.64. The fourth-order valence-corrected chi connectivity index (χ4v) is 3.30. The summed E-state index contributed by atoms with van der Waals surface area (Å²) in [7, 11) is 2.23. The van der Waals surface area contributed by atoms with Crippen LogP contribution < -0.4 is 4.90 Å². The van der Waals surface area contributed by atoms with E-state index in [2.05, 4.69) is 77.5 Å². The molecule has 0 aromatic heterocycles. The van der Waals surface area contributed by atoms with Crippen LogP contribution in [-0.4, -0.2) is 31.1 Å². The molecule has 0 aliphatic carbocycles. The first kappa shape index (κ1) is 14.2. The number of rotatable bonds is 5. The van der Waals surface area contributed by atoms with Gasteiger partial charge < -0.3 is 9.80 Å². The van der Waals surface area contributed by atoms with Crippen molar-refractivity contribution in [1.29, 1.82) is 0 Å². The van der Waals surface area contributed by atoms with Gasteiger partial charge in [-0.25, -0.2) is 0 Å². The quantitative estimate of drug-likeness (QED) is 0.822. The molecule has 2 heteroatoms. The summed E-state index contributed by atoms with van der Waals surface area (Å²) < 4.78 is 0. The van der Waals surface area contributed by atoms with Crippen molar-refractivity contribution in [2.45, 2.75) is 25.4 Å². The Morgan fingerprint density at radius 2 is 1.67 bits per heavy atom. The lowest BCUT2D eigenvalue weighted by atomic mass is 10.1. The lowest BCUT2D eigenvalue weighted by molar-refractivity contribution is 0.303. The van der Waals surface area contributed by atoms with Crippen LogP contribution in [-0.2, 0) is 6.54 Å². The topological polar surface area (TPSA) is 6.48 Å². The SMILES string of the molecule is CN(Cc1ccccc1)CC1CCCN1c1ccccc1. The highest BCUT2D eigenvalue weighted by Crippen LogP contribution is 2.25. The molecule has 1 aliphatic rings. The van der Waals surface area contributed by atoms with Crippen LogP contribution in [0.4, 0.5) is 5.69 Å². The van der Waals surface area contributed by atoms with Crippen LogP contribution in [0.3, 0.4) is 0 Å². The molecule has 0 amide bonds. The second-order valence-corrected chi connectivity index (χ2v) is 6.01. The van der Waals surface area contributed by atoms with Gasteiger partial charge in [-0.3, -0.25) is 0 Å². The van der Waals surface area contributed by atoms with E-state index in [9.17, 15) is 0 Å². The third-order valence-corrected chi connectivity index (χ3v) is 4.28. The number of likely N-dealkylation sites (N-methyl/N-ethyl adjacent to an activating group) is 1. The molecule has 1 saturated heterocycles. The van der Waals surface area contributed by atoms with Gasteiger partial charge in [-0.15, -0.1) is 0 Å². The van der Waals surface area contributed by atoms with Crippen molar-refractivity contribution in [2.75, 3.05) is 25.0 Å². The highest BCUT2D eigenvalue weighted by atomic mass is 15.2. The van der Waals surface area contributed by atoms with Crippen LogP contribution in [0.15, 0.2) is 60.7 Å². The van der Waals surface area contributed by atoms with Gasteiger partial charge >= 0.3 is 0 Å². The zero-order valence-corrected chi connectivity index (χ0v) is 12.8. The van der Waals surface area contributed by atoms with Crippen LogP contribution in [0.2, 0.25) is 0 Å². The van der Waals surface area contributed by atoms with Crippen molar-refractivity contribution in [1.82, 2.24) is 4.90 Å². The molecule has 110 valence electrons. The summed E-state index contributed by atoms with van der Waals surface area (Å²) in [4.78, 5) is 5.02. The molecule has 0 radical (unpaired) electrons. The predicted molar refractivity (Wildman–Crippen MR) is 89.6 cm³/mol. The Kier molecular flexibility index (Phi) is 4.56. The molecule has 21 heavy (non-hydrogen) atoms. The molecule has 1 aliphatic heterocycles. The van der Waals surface area contributed by atoms with Gasteiger partial charge in [0.15, 0.2) is 0 Å². The molecule has 2 nitrogen and oxygen atoms in total. The third-order valence-electron chi connectivity index (χ3n) is 4.28. The van der Waals surface area contributed by atoms with Crippen LogP contribution in [0.5, 0.6) is 0 Å². The van der Waals surface area contributed by atoms with Gasteiger partial charge in [-0.1, -0.05) is 48.5 Å². The first-order valence-electron chi connectivity index (χ1n) is 7.87. The largest absolute Gasteiger partial charge is 0.367 e. The average Bonchev–Trinajstić information content (AvgIpc) is 2.97. The number of hydrogen-bond acceptors (Lipinski definition) is 2. The summed E-state index contributed by atoms with van der Waals surface area (Å²) in [6, 6.07) is 22.2. The Balaban J connectivity index is 1.61. The number of para-hydroxylation sites is 1. The number of benzene rings is 2. The normalized spacial score (nSPS) is 18.4. The molecule has 2 aromatic rings. The maximum absolute atomic E-state index is 2.57. The summed E-state index contributed by atoms with van der Waals surface area (Å²) in [6.45, 7) is 3.34. The summed E-state index contributed by atoms with van der Waals surface area (Å²) >= 11 is 0. The van der Waals surface area contributed by atoms with Gasteiger partial charge in [0.2, 0.25) is 0 Å². The molecule has 0 N–H and O–H groups in total. The van der Waals surface area contributed by atoms with Crippen LogP contribution >= 0.6 is 0 Å². The zero-order valence-electron chi connectivity index (χ0n) is 12.8. The molecular weight excluding hydrogens is 256 g/mol. The van der Waals surface area contributed by atoms with Crippen molar-refractivity contribution in [3.63, 3.8) is 0 Å². The summed E-state index contributed by atoms with van der Waals surface area (Å²) in [5.41, 5.74) is 2.76. The van der Waals surface area contributed by atoms with Gasteiger partial charge in [0, 0.05) is 31.4 Å². The van der Waals surface area contributed by atoms with E-state index in [1.165, 1.54) is 30.6 Å². The summed E-state index contributed by atoms with van der Waals surface area (Å²) in [6.07, 6.45) is 2.60. The standard InChI is InChI=1S/C19H24N2/c1-20(15-17-9-4-2-5-10-17)16-19-13-8-14-21(19)18-11-6-3-7-12-18/h2-7,9-12,19H,8,13-16H2,1H3. The highest BCUT2D eigenvalue weighted by Gasteiger charge is 2.25. The fourth-order valence-electron chi connectivity index (χ4n) is 3.30. The van der Waals surface area contributed by atoms with E-state index in [1.807, 2.05) is 0 Å². The van der Waals surface area contributed by atoms with Crippen LogP contribution in [0.25, 0.3) is 0 Å². The highest BCUT2D eigenvalue weighted by molar-refractivity contribution is 5.48. The second-order valence-electron chi connectivity index (χ2n) is 6.01. The van der Waals surface area contributed by atoms with Crippen molar-refractivity contribution in [3.05, 3.63) is 66.2 Å². The Morgan fingerprint density at radius 3 is 2.38 bits per heavy atom. The minimum absolute atomic E-state index is 0.640. The van der Waals surface area contributed by atoms with Crippen molar-refractivity contribution >= 4 is 5.69 Å². The lowest BCUT2D eigenvalue weighted by Crippen LogP contribution is -2.38. The van der Waals surface area contributed by atoms with Gasteiger partial charge in [-0.05, 0) is 37.6 Å². The molecule has 0 spiro atoms. The Hall–Kier alpha value is -1.80. The summed E-state index contributed by atoms with van der Waals surface area (Å²) in [5, 5.41) is 0. The van der Waals surface area contributed by atoms with E-state index in [-0.39, 0.29) is 0 Å². The Bertz CT molecular complexity index is 538. The summed E-state index contributed by atoms with van der Waals surface area (Å²) in [5.74, 6) is 0. The van der Waals surface area contributed by atoms with Crippen LogP contribution in [0, 0.1) is 0 Å². The average molecular weight is 280 g/mol. The van der Waals surface area contributed by atoms with E-state index >= 15 is 0 Å². The molecule has 2 aromatic carbocycles. The van der Waals surface area contributed by atoms with Gasteiger partial charge in [0.05, 0.1) is 0 Å². The maximum atomic E-state index is 2.57. The molecule has 1 atom stereocenters. The van der Waals surface area contributed by atoms with Crippen LogP contribution in [0.1, 0.15) is 18.4 Å². The minimum atomic E-state index is 0.640. The number of anilines is 1. The molecular formula is C19H24N2. The zero-order chi connectivity index (χ0) is 14.5. The maximum Gasteiger partial charge on any atom is 0.0417 e. The molecule has 1 heterocycles. The lowest BCUT2D eigenvalue weighted by Gasteiger charge is -2.30. The Labute approximate surface area is 128 Å². The smallest absolute Gasteiger partial charge is 0.0417 e. The fraction of sp³-hybridized carbons (Fsp3) is 0.368. The number of nitrogens with zero attached hydrogens (tertiary/aromatic N) is 2. The first-order chi connectivity index (χ1) is 10.3. The van der Waals surface area contributed by atoms with E-state index in [1.54, 1.807) is 0 Å². The molecule has 0 saturated carbocycles. The van der Waals surface area contributed by atoms with E-state index < -0.39 is 0 Å². The molecule has 1 unspecified atom stereocenters. The van der Waals surface area contributed by atoms with Crippen molar-refractivity contribution < 1.29 is 0 Å². The minimum Gasteiger partial charge on any atom is -0.367 e. The second kappa shape index (κ2) is 6.77. The van der Waals surface area contributed by atoms with E-state index in [4.69, 9.17) is 0 Å². The number of hydrogen-bond donors (Lipinski definition) is 0. The first-order valence-corrected chi connectivity index (χ1v) is 7.87.